The normalized spacial score (nSPS) is 30.0. The number of aliphatic hydroxyl groups is 1. The van der Waals surface area contributed by atoms with Crippen LogP contribution in [-0.4, -0.2) is 20.8 Å². The molecule has 2 heterocycles. The predicted octanol–water partition coefficient (Wildman–Crippen LogP) is 0.436. The Hall–Kier alpha value is -0.830. The molecule has 1 aromatic heterocycles. The molecule has 0 aromatic carbocycles. The summed E-state index contributed by atoms with van der Waals surface area (Å²) in [4.78, 5) is 4.19. The maximum atomic E-state index is 9.49. The average molecular weight is 152 g/mol. The minimum atomic E-state index is -0.198. The summed E-state index contributed by atoms with van der Waals surface area (Å²) in [6, 6.07) is 0. The molecule has 3 nitrogen and oxygen atoms in total. The Kier molecular flexibility index (Phi) is 1.46. The van der Waals surface area contributed by atoms with E-state index in [0.29, 0.717) is 12.5 Å². The van der Waals surface area contributed by atoms with E-state index in [1.165, 1.54) is 0 Å². The molecule has 0 saturated heterocycles. The summed E-state index contributed by atoms with van der Waals surface area (Å²) in [6.45, 7) is 2.76. The van der Waals surface area contributed by atoms with Crippen molar-refractivity contribution in [2.45, 2.75) is 26.0 Å². The van der Waals surface area contributed by atoms with Gasteiger partial charge in [0.2, 0.25) is 0 Å². The first kappa shape index (κ1) is 6.85. The molecule has 0 amide bonds. The van der Waals surface area contributed by atoms with Crippen LogP contribution in [0.2, 0.25) is 0 Å². The minimum Gasteiger partial charge on any atom is -0.391 e. The number of hydrogen-bond acceptors (Lipinski definition) is 2. The van der Waals surface area contributed by atoms with Gasteiger partial charge in [0.1, 0.15) is 5.82 Å². The number of fused-ring (bicyclic) bond motifs is 1. The van der Waals surface area contributed by atoms with Gasteiger partial charge in [0.15, 0.2) is 0 Å². The van der Waals surface area contributed by atoms with Gasteiger partial charge in [-0.15, -0.1) is 0 Å². The SMILES string of the molecule is CC1Cc2nccn2CC1O. The summed E-state index contributed by atoms with van der Waals surface area (Å²) in [5.74, 6) is 1.45. The van der Waals surface area contributed by atoms with E-state index in [1.807, 2.05) is 10.8 Å². The minimum absolute atomic E-state index is 0.198. The quantitative estimate of drug-likeness (QED) is 0.585. The highest BCUT2D eigenvalue weighted by Gasteiger charge is 2.23. The Labute approximate surface area is 65.7 Å². The van der Waals surface area contributed by atoms with Gasteiger partial charge in [-0.05, 0) is 5.92 Å². The summed E-state index contributed by atoms with van der Waals surface area (Å²) in [6.07, 6.45) is 4.41. The van der Waals surface area contributed by atoms with E-state index in [9.17, 15) is 5.11 Å². The molecule has 0 saturated carbocycles. The van der Waals surface area contributed by atoms with Crippen LogP contribution in [0.1, 0.15) is 12.7 Å². The van der Waals surface area contributed by atoms with Crippen LogP contribution < -0.4 is 0 Å². The van der Waals surface area contributed by atoms with Crippen LogP contribution in [0.15, 0.2) is 12.4 Å². The third kappa shape index (κ3) is 1.05. The number of hydrogen-bond donors (Lipinski definition) is 1. The second-order valence-corrected chi connectivity index (χ2v) is 3.24. The maximum Gasteiger partial charge on any atom is 0.109 e. The van der Waals surface area contributed by atoms with Crippen LogP contribution in [0.5, 0.6) is 0 Å². The maximum absolute atomic E-state index is 9.49. The first-order valence-corrected chi connectivity index (χ1v) is 3.95. The van der Waals surface area contributed by atoms with Gasteiger partial charge in [0.25, 0.3) is 0 Å². The van der Waals surface area contributed by atoms with Crippen LogP contribution in [0, 0.1) is 5.92 Å². The summed E-state index contributed by atoms with van der Waals surface area (Å²) >= 11 is 0. The Morgan fingerprint density at radius 3 is 3.36 bits per heavy atom. The zero-order valence-electron chi connectivity index (χ0n) is 6.57. The average Bonchev–Trinajstić information content (AvgIpc) is 2.36. The highest BCUT2D eigenvalue weighted by molar-refractivity contribution is 4.98. The summed E-state index contributed by atoms with van der Waals surface area (Å²) in [5.41, 5.74) is 0. The first-order chi connectivity index (χ1) is 5.27. The fourth-order valence-electron chi connectivity index (χ4n) is 1.50. The van der Waals surface area contributed by atoms with E-state index in [4.69, 9.17) is 0 Å². The van der Waals surface area contributed by atoms with Gasteiger partial charge in [-0.25, -0.2) is 4.98 Å². The zero-order valence-corrected chi connectivity index (χ0v) is 6.57. The molecule has 2 rings (SSSR count). The molecule has 2 unspecified atom stereocenters. The van der Waals surface area contributed by atoms with Crippen LogP contribution in [-0.2, 0) is 13.0 Å². The molecule has 0 spiro atoms. The van der Waals surface area contributed by atoms with Gasteiger partial charge in [-0.1, -0.05) is 6.92 Å². The van der Waals surface area contributed by atoms with Crippen molar-refractivity contribution in [1.29, 1.82) is 0 Å². The number of aromatic nitrogens is 2. The van der Waals surface area contributed by atoms with E-state index in [2.05, 4.69) is 11.9 Å². The fraction of sp³-hybridized carbons (Fsp3) is 0.625. The van der Waals surface area contributed by atoms with Gasteiger partial charge in [-0.3, -0.25) is 0 Å². The molecule has 3 heteroatoms. The van der Waals surface area contributed by atoms with Gasteiger partial charge in [0.05, 0.1) is 12.6 Å². The van der Waals surface area contributed by atoms with Gasteiger partial charge in [0, 0.05) is 18.8 Å². The second kappa shape index (κ2) is 2.34. The number of nitrogens with zero attached hydrogens (tertiary/aromatic N) is 2. The molecule has 0 radical (unpaired) electrons. The van der Waals surface area contributed by atoms with Crippen LogP contribution in [0.4, 0.5) is 0 Å². The van der Waals surface area contributed by atoms with Gasteiger partial charge >= 0.3 is 0 Å². The van der Waals surface area contributed by atoms with Crippen LogP contribution in [0.25, 0.3) is 0 Å². The summed E-state index contributed by atoms with van der Waals surface area (Å²) in [5, 5.41) is 9.49. The van der Waals surface area contributed by atoms with E-state index in [1.54, 1.807) is 6.20 Å². The standard InChI is InChI=1S/C8H12N2O/c1-6-4-8-9-2-3-10(8)5-7(6)11/h2-3,6-7,11H,4-5H2,1H3. The van der Waals surface area contributed by atoms with Crippen molar-refractivity contribution in [2.24, 2.45) is 5.92 Å². The van der Waals surface area contributed by atoms with Crippen molar-refractivity contribution in [3.63, 3.8) is 0 Å². The van der Waals surface area contributed by atoms with Crippen molar-refractivity contribution in [2.75, 3.05) is 0 Å². The molecule has 2 atom stereocenters. The summed E-state index contributed by atoms with van der Waals surface area (Å²) < 4.78 is 2.02. The fourth-order valence-corrected chi connectivity index (χ4v) is 1.50. The molecule has 0 fully saturated rings. The van der Waals surface area contributed by atoms with Gasteiger partial charge < -0.3 is 9.67 Å². The smallest absolute Gasteiger partial charge is 0.109 e. The molecule has 60 valence electrons. The second-order valence-electron chi connectivity index (χ2n) is 3.24. The topological polar surface area (TPSA) is 38.0 Å². The van der Waals surface area contributed by atoms with Crippen molar-refractivity contribution in [3.05, 3.63) is 18.2 Å². The van der Waals surface area contributed by atoms with Crippen molar-refractivity contribution >= 4 is 0 Å². The van der Waals surface area contributed by atoms with Crippen molar-refractivity contribution in [1.82, 2.24) is 9.55 Å². The molecular formula is C8H12N2O. The monoisotopic (exact) mass is 152 g/mol. The van der Waals surface area contributed by atoms with Crippen LogP contribution in [0.3, 0.4) is 0 Å². The molecule has 1 aliphatic rings. The highest BCUT2D eigenvalue weighted by atomic mass is 16.3. The molecular weight excluding hydrogens is 140 g/mol. The molecule has 11 heavy (non-hydrogen) atoms. The van der Waals surface area contributed by atoms with Crippen molar-refractivity contribution < 1.29 is 5.11 Å². The Bertz CT molecular complexity index is 232. The lowest BCUT2D eigenvalue weighted by molar-refractivity contribution is 0.0821. The third-order valence-corrected chi connectivity index (χ3v) is 2.35. The lowest BCUT2D eigenvalue weighted by Crippen LogP contribution is -2.31. The lowest BCUT2D eigenvalue weighted by atomic mass is 9.97. The Balaban J connectivity index is 2.30. The molecule has 0 aliphatic carbocycles. The molecule has 0 bridgehead atoms. The predicted molar refractivity (Wildman–Crippen MR) is 41.1 cm³/mol. The zero-order chi connectivity index (χ0) is 7.84. The molecule has 1 aliphatic heterocycles. The van der Waals surface area contributed by atoms with E-state index in [0.717, 1.165) is 12.2 Å². The highest BCUT2D eigenvalue weighted by Crippen LogP contribution is 2.18. The third-order valence-electron chi connectivity index (χ3n) is 2.35. The van der Waals surface area contributed by atoms with E-state index >= 15 is 0 Å². The van der Waals surface area contributed by atoms with E-state index < -0.39 is 0 Å². The van der Waals surface area contributed by atoms with Crippen molar-refractivity contribution in [3.8, 4) is 0 Å². The Morgan fingerprint density at radius 1 is 1.73 bits per heavy atom. The van der Waals surface area contributed by atoms with Crippen LogP contribution >= 0.6 is 0 Å². The van der Waals surface area contributed by atoms with Gasteiger partial charge in [-0.2, -0.15) is 0 Å². The number of rotatable bonds is 0. The molecule has 1 N–H and O–H groups in total. The molecule has 1 aromatic rings. The summed E-state index contributed by atoms with van der Waals surface area (Å²) in [7, 11) is 0. The van der Waals surface area contributed by atoms with E-state index in [-0.39, 0.29) is 6.10 Å². The number of aliphatic hydroxyl groups excluding tert-OH is 1. The Morgan fingerprint density at radius 2 is 2.55 bits per heavy atom. The largest absolute Gasteiger partial charge is 0.391 e. The first-order valence-electron chi connectivity index (χ1n) is 3.95. The lowest BCUT2D eigenvalue weighted by Gasteiger charge is -2.25. The number of imidazole rings is 1.